The van der Waals surface area contributed by atoms with Gasteiger partial charge in [-0.1, -0.05) is 36.4 Å². The smallest absolute Gasteiger partial charge is 0.471 e. The monoisotopic (exact) mass is 514 g/mol. The predicted molar refractivity (Wildman–Crippen MR) is 118 cm³/mol. The van der Waals surface area contributed by atoms with Gasteiger partial charge in [-0.05, 0) is 29.4 Å². The van der Waals surface area contributed by atoms with E-state index in [1.807, 2.05) is 5.32 Å². The second kappa shape index (κ2) is 11.2. The van der Waals surface area contributed by atoms with E-state index in [-0.39, 0.29) is 13.2 Å². The second-order valence-electron chi connectivity index (χ2n) is 7.45. The predicted octanol–water partition coefficient (Wildman–Crippen LogP) is 4.63. The van der Waals surface area contributed by atoms with E-state index in [1.54, 1.807) is 59.9 Å². The number of nitrogens with one attached hydrogen (secondary N) is 2. The highest BCUT2D eigenvalue weighted by molar-refractivity contribution is 5.85. The number of hydrogen-bond donors (Lipinski definition) is 2. The molecular weight excluding hydrogens is 494 g/mol. The van der Waals surface area contributed by atoms with Crippen LogP contribution in [0.2, 0.25) is 0 Å². The summed E-state index contributed by atoms with van der Waals surface area (Å²) in [6.45, 7) is 0.498. The Morgan fingerprint density at radius 2 is 1.42 bits per heavy atom. The molecule has 2 heterocycles. The molecule has 0 saturated carbocycles. The number of amides is 2. The van der Waals surface area contributed by atoms with Gasteiger partial charge in [0.25, 0.3) is 0 Å². The highest BCUT2D eigenvalue weighted by Crippen LogP contribution is 2.32. The lowest BCUT2D eigenvalue weighted by molar-refractivity contribution is -0.173. The fraction of sp³-hybridized carbons (Fsp3) is 0.250. The first-order chi connectivity index (χ1) is 17.0. The van der Waals surface area contributed by atoms with Crippen molar-refractivity contribution in [1.29, 1.82) is 0 Å². The van der Waals surface area contributed by atoms with Crippen LogP contribution in [0, 0.1) is 0 Å². The molecule has 2 N–H and O–H groups in total. The molecule has 2 amide bonds. The van der Waals surface area contributed by atoms with Gasteiger partial charge in [-0.3, -0.25) is 9.59 Å². The molecule has 36 heavy (non-hydrogen) atoms. The van der Waals surface area contributed by atoms with Crippen molar-refractivity contribution in [1.82, 2.24) is 10.6 Å². The zero-order chi connectivity index (χ0) is 26.3. The first-order valence-corrected chi connectivity index (χ1v) is 10.5. The number of hydrogen-bond acceptors (Lipinski definition) is 4. The van der Waals surface area contributed by atoms with Crippen molar-refractivity contribution in [3.63, 3.8) is 0 Å². The Bertz CT molecular complexity index is 1170. The molecule has 0 atom stereocenters. The lowest BCUT2D eigenvalue weighted by Crippen LogP contribution is -2.37. The lowest BCUT2D eigenvalue weighted by Gasteiger charge is -2.19. The van der Waals surface area contributed by atoms with E-state index in [2.05, 4.69) is 0 Å². The third kappa shape index (κ3) is 7.03. The molecule has 12 heteroatoms. The minimum Gasteiger partial charge on any atom is -0.493 e. The van der Waals surface area contributed by atoms with E-state index >= 15 is 0 Å². The van der Waals surface area contributed by atoms with Crippen LogP contribution in [-0.4, -0.2) is 43.9 Å². The third-order valence-electron chi connectivity index (χ3n) is 5.00. The van der Waals surface area contributed by atoms with Crippen LogP contribution in [0.25, 0.3) is 11.1 Å². The quantitative estimate of drug-likeness (QED) is 0.586. The number of alkyl halides is 6. The Balaban J connectivity index is 0.000000201. The largest absolute Gasteiger partial charge is 0.493 e. The molecule has 192 valence electrons. The number of rotatable bonds is 3. The maximum atomic E-state index is 12.0. The van der Waals surface area contributed by atoms with Crippen molar-refractivity contribution in [2.75, 3.05) is 19.8 Å². The third-order valence-corrected chi connectivity index (χ3v) is 5.00. The van der Waals surface area contributed by atoms with Gasteiger partial charge in [0.2, 0.25) is 0 Å². The van der Waals surface area contributed by atoms with Gasteiger partial charge in [0.05, 0.1) is 6.61 Å². The minimum absolute atomic E-state index is 0.168. The van der Waals surface area contributed by atoms with Gasteiger partial charge in [-0.2, -0.15) is 26.3 Å². The number of halogens is 6. The summed E-state index contributed by atoms with van der Waals surface area (Å²) < 4.78 is 82.9. The average molecular weight is 514 g/mol. The number of fused-ring (bicyclic) bond motifs is 2. The van der Waals surface area contributed by atoms with Crippen molar-refractivity contribution in [2.24, 2.45) is 0 Å². The molecule has 4 rings (SSSR count). The molecule has 0 spiro atoms. The summed E-state index contributed by atoms with van der Waals surface area (Å²) in [7, 11) is 0. The summed E-state index contributed by atoms with van der Waals surface area (Å²) >= 11 is 0. The molecule has 0 radical (unpaired) electrons. The van der Waals surface area contributed by atoms with Gasteiger partial charge in [0.15, 0.2) is 0 Å². The van der Waals surface area contributed by atoms with Crippen LogP contribution in [0.1, 0.15) is 17.5 Å². The summed E-state index contributed by atoms with van der Waals surface area (Å²) in [6.07, 6.45) is -6.53. The molecule has 0 bridgehead atoms. The summed E-state index contributed by atoms with van der Waals surface area (Å²) in [4.78, 5) is 21.4. The van der Waals surface area contributed by atoms with Gasteiger partial charge < -0.3 is 20.1 Å². The van der Waals surface area contributed by atoms with E-state index < -0.39 is 24.2 Å². The molecule has 2 aliphatic rings. The van der Waals surface area contributed by atoms with E-state index in [0.717, 1.165) is 6.20 Å². The van der Waals surface area contributed by atoms with Gasteiger partial charge in [0, 0.05) is 30.3 Å². The Morgan fingerprint density at radius 3 is 2.06 bits per heavy atom. The van der Waals surface area contributed by atoms with E-state index in [9.17, 15) is 35.9 Å². The van der Waals surface area contributed by atoms with Crippen LogP contribution in [0.4, 0.5) is 26.3 Å². The summed E-state index contributed by atoms with van der Waals surface area (Å²) in [5, 5.41) is 3.60. The van der Waals surface area contributed by atoms with Gasteiger partial charge >= 0.3 is 24.2 Å². The van der Waals surface area contributed by atoms with Crippen LogP contribution in [0.3, 0.4) is 0 Å². The normalized spacial score (nSPS) is 15.6. The summed E-state index contributed by atoms with van der Waals surface area (Å²) in [5.41, 5.74) is 2.64. The first-order valence-electron chi connectivity index (χ1n) is 10.5. The Hall–Kier alpha value is -3.96. The molecule has 2 aromatic carbocycles. The standard InChI is InChI=1S/2C12H10F3NO2/c2*13-12(14,15)11(17)16-7-8-5-6-18-10-4-2-1-3-9(8)10/h1-4,7H,5-6H2,(H,16,17);1-5H,6-7H2,(H,16,17)/b8-7+;. The number of para-hydroxylation sites is 2. The Labute approximate surface area is 201 Å². The Morgan fingerprint density at radius 1 is 0.833 bits per heavy atom. The number of carbonyl (C=O) groups excluding carboxylic acids is 2. The van der Waals surface area contributed by atoms with Crippen LogP contribution in [-0.2, 0) is 9.59 Å². The average Bonchev–Trinajstić information content (AvgIpc) is 2.85. The molecule has 0 saturated heterocycles. The zero-order valence-corrected chi connectivity index (χ0v) is 18.5. The molecule has 0 fully saturated rings. The molecule has 0 aliphatic carbocycles. The number of carbonyl (C=O) groups is 2. The van der Waals surface area contributed by atoms with Crippen molar-refractivity contribution in [3.8, 4) is 11.5 Å². The van der Waals surface area contributed by atoms with Gasteiger partial charge in [-0.25, -0.2) is 0 Å². The minimum atomic E-state index is -4.87. The van der Waals surface area contributed by atoms with Gasteiger partial charge in [0.1, 0.15) is 18.1 Å². The second-order valence-corrected chi connectivity index (χ2v) is 7.45. The fourth-order valence-corrected chi connectivity index (χ4v) is 3.29. The number of ether oxygens (including phenoxy) is 2. The van der Waals surface area contributed by atoms with E-state index in [0.29, 0.717) is 46.8 Å². The molecule has 0 aromatic heterocycles. The van der Waals surface area contributed by atoms with Crippen LogP contribution >= 0.6 is 0 Å². The maximum Gasteiger partial charge on any atom is 0.471 e. The van der Waals surface area contributed by atoms with Gasteiger partial charge in [-0.15, -0.1) is 0 Å². The van der Waals surface area contributed by atoms with Crippen LogP contribution in [0.15, 0.2) is 60.8 Å². The van der Waals surface area contributed by atoms with Crippen molar-refractivity contribution < 1.29 is 45.4 Å². The van der Waals surface area contributed by atoms with E-state index in [1.165, 1.54) is 0 Å². The SMILES string of the molecule is O=C(N/C=C1\CCOc2ccccc21)C(F)(F)F.O=C(NCC1=CCOc2ccccc21)C(F)(F)F. The highest BCUT2D eigenvalue weighted by atomic mass is 19.4. The molecule has 2 aliphatic heterocycles. The molecule has 0 unspecified atom stereocenters. The Kier molecular flexibility index (Phi) is 8.28. The molecular formula is C24H20F6N2O4. The zero-order valence-electron chi connectivity index (χ0n) is 18.5. The lowest BCUT2D eigenvalue weighted by atomic mass is 10.0. The number of benzene rings is 2. The van der Waals surface area contributed by atoms with Crippen molar-refractivity contribution in [3.05, 3.63) is 71.9 Å². The van der Waals surface area contributed by atoms with Crippen LogP contribution < -0.4 is 20.1 Å². The highest BCUT2D eigenvalue weighted by Gasteiger charge is 2.39. The van der Waals surface area contributed by atoms with E-state index in [4.69, 9.17) is 9.47 Å². The van der Waals surface area contributed by atoms with Crippen molar-refractivity contribution in [2.45, 2.75) is 18.8 Å². The summed E-state index contributed by atoms with van der Waals surface area (Å²) in [5.74, 6) is -2.70. The first kappa shape index (κ1) is 26.6. The maximum absolute atomic E-state index is 12.0. The fourth-order valence-electron chi connectivity index (χ4n) is 3.29. The van der Waals surface area contributed by atoms with Crippen LogP contribution in [0.5, 0.6) is 11.5 Å². The summed E-state index contributed by atoms with van der Waals surface area (Å²) in [6, 6.07) is 14.0. The molecule has 6 nitrogen and oxygen atoms in total. The van der Waals surface area contributed by atoms with Crippen molar-refractivity contribution >= 4 is 23.0 Å². The topological polar surface area (TPSA) is 76.7 Å². The molecule has 2 aromatic rings.